The van der Waals surface area contributed by atoms with E-state index in [1.54, 1.807) is 7.11 Å². The monoisotopic (exact) mass is 454 g/mol. The highest BCUT2D eigenvalue weighted by Crippen LogP contribution is 2.37. The van der Waals surface area contributed by atoms with Crippen molar-refractivity contribution in [1.82, 2.24) is 0 Å². The van der Waals surface area contributed by atoms with Crippen LogP contribution in [-0.2, 0) is 10.1 Å². The van der Waals surface area contributed by atoms with E-state index >= 15 is 0 Å². The standard InChI is InChI=1S/C14H17Br3O2/c1-18-10-3-2-4-11(7-10)19-14-12(16)5-9(8-15)6-13(14)17/h5-6,10-11H,2-4,7-8H2,1H3. The third kappa shape index (κ3) is 4.19. The summed E-state index contributed by atoms with van der Waals surface area (Å²) in [6.07, 6.45) is 4.94. The second-order valence-corrected chi connectivity index (χ2v) is 7.06. The molecule has 0 heterocycles. The molecule has 5 heteroatoms. The molecule has 1 saturated carbocycles. The van der Waals surface area contributed by atoms with E-state index in [1.165, 1.54) is 5.56 Å². The predicted molar refractivity (Wildman–Crippen MR) is 88.2 cm³/mol. The van der Waals surface area contributed by atoms with Crippen molar-refractivity contribution in [2.45, 2.75) is 43.2 Å². The summed E-state index contributed by atoms with van der Waals surface area (Å²) in [6, 6.07) is 4.18. The summed E-state index contributed by atoms with van der Waals surface area (Å²) >= 11 is 10.6. The molecule has 0 amide bonds. The van der Waals surface area contributed by atoms with Gasteiger partial charge in [-0.2, -0.15) is 0 Å². The normalized spacial score (nSPS) is 23.4. The Kier molecular flexibility index (Phi) is 6.18. The van der Waals surface area contributed by atoms with E-state index in [-0.39, 0.29) is 6.10 Å². The molecule has 0 aromatic heterocycles. The van der Waals surface area contributed by atoms with Gasteiger partial charge < -0.3 is 9.47 Å². The Morgan fingerprint density at radius 1 is 1.16 bits per heavy atom. The molecular weight excluding hydrogens is 440 g/mol. The van der Waals surface area contributed by atoms with Gasteiger partial charge in [0.15, 0.2) is 0 Å². The molecule has 106 valence electrons. The Hall–Kier alpha value is 0.420. The van der Waals surface area contributed by atoms with Crippen LogP contribution in [0, 0.1) is 0 Å². The molecule has 2 rings (SSSR count). The molecule has 1 fully saturated rings. The molecule has 1 aliphatic rings. The minimum atomic E-state index is 0.237. The number of hydrogen-bond donors (Lipinski definition) is 0. The van der Waals surface area contributed by atoms with Gasteiger partial charge >= 0.3 is 0 Å². The van der Waals surface area contributed by atoms with Gasteiger partial charge in [0.2, 0.25) is 0 Å². The zero-order valence-corrected chi connectivity index (χ0v) is 15.6. The molecule has 0 bridgehead atoms. The van der Waals surface area contributed by atoms with Crippen LogP contribution in [0.5, 0.6) is 5.75 Å². The van der Waals surface area contributed by atoms with Gasteiger partial charge in [0.05, 0.1) is 15.0 Å². The van der Waals surface area contributed by atoms with E-state index < -0.39 is 0 Å². The summed E-state index contributed by atoms with van der Waals surface area (Å²) in [5.41, 5.74) is 1.21. The molecule has 2 atom stereocenters. The SMILES string of the molecule is COC1CCCC(Oc2c(Br)cc(CBr)cc2Br)C1. The van der Waals surface area contributed by atoms with Crippen molar-refractivity contribution >= 4 is 47.8 Å². The van der Waals surface area contributed by atoms with E-state index in [4.69, 9.17) is 9.47 Å². The lowest BCUT2D eigenvalue weighted by atomic mass is 9.95. The number of hydrogen-bond acceptors (Lipinski definition) is 2. The Morgan fingerprint density at radius 3 is 2.37 bits per heavy atom. The van der Waals surface area contributed by atoms with E-state index in [2.05, 4.69) is 59.9 Å². The van der Waals surface area contributed by atoms with Gasteiger partial charge in [0, 0.05) is 18.9 Å². The smallest absolute Gasteiger partial charge is 0.148 e. The molecular formula is C14H17Br3O2. The molecule has 2 unspecified atom stereocenters. The summed E-state index contributed by atoms with van der Waals surface area (Å²) in [6.45, 7) is 0. The minimum absolute atomic E-state index is 0.237. The molecule has 19 heavy (non-hydrogen) atoms. The second-order valence-electron chi connectivity index (χ2n) is 4.79. The highest BCUT2D eigenvalue weighted by Gasteiger charge is 2.24. The number of ether oxygens (including phenoxy) is 2. The Labute approximate surface area is 139 Å². The predicted octanol–water partition coefficient (Wildman–Crippen LogP) is 5.44. The molecule has 0 aliphatic heterocycles. The third-order valence-corrected chi connectivity index (χ3v) is 5.23. The lowest BCUT2D eigenvalue weighted by Crippen LogP contribution is -2.29. The fourth-order valence-electron chi connectivity index (χ4n) is 2.39. The second kappa shape index (κ2) is 7.43. The molecule has 0 N–H and O–H groups in total. The van der Waals surface area contributed by atoms with Gasteiger partial charge in [0.1, 0.15) is 11.9 Å². The maximum atomic E-state index is 6.16. The van der Waals surface area contributed by atoms with Crippen molar-refractivity contribution in [2.75, 3.05) is 7.11 Å². The lowest BCUT2D eigenvalue weighted by Gasteiger charge is -2.29. The van der Waals surface area contributed by atoms with Crippen LogP contribution in [0.25, 0.3) is 0 Å². The first-order valence-electron chi connectivity index (χ1n) is 6.37. The highest BCUT2D eigenvalue weighted by atomic mass is 79.9. The molecule has 1 aromatic rings. The van der Waals surface area contributed by atoms with Crippen LogP contribution in [0.4, 0.5) is 0 Å². The van der Waals surface area contributed by atoms with Crippen molar-refractivity contribution in [3.05, 3.63) is 26.6 Å². The number of benzene rings is 1. The van der Waals surface area contributed by atoms with Crippen molar-refractivity contribution in [3.8, 4) is 5.75 Å². The largest absolute Gasteiger partial charge is 0.488 e. The van der Waals surface area contributed by atoms with Crippen LogP contribution < -0.4 is 4.74 Å². The van der Waals surface area contributed by atoms with Gasteiger partial charge in [-0.25, -0.2) is 0 Å². The van der Waals surface area contributed by atoms with Crippen molar-refractivity contribution in [2.24, 2.45) is 0 Å². The van der Waals surface area contributed by atoms with Crippen molar-refractivity contribution in [1.29, 1.82) is 0 Å². The zero-order valence-electron chi connectivity index (χ0n) is 10.8. The van der Waals surface area contributed by atoms with E-state index in [1.807, 2.05) is 0 Å². The maximum Gasteiger partial charge on any atom is 0.148 e. The Balaban J connectivity index is 2.10. The first-order chi connectivity index (χ1) is 9.13. The van der Waals surface area contributed by atoms with E-state index in [0.717, 1.165) is 45.7 Å². The van der Waals surface area contributed by atoms with Gasteiger partial charge in [-0.15, -0.1) is 0 Å². The van der Waals surface area contributed by atoms with E-state index in [0.29, 0.717) is 6.10 Å². The average Bonchev–Trinajstić information content (AvgIpc) is 2.42. The van der Waals surface area contributed by atoms with Crippen LogP contribution in [0.2, 0.25) is 0 Å². The van der Waals surface area contributed by atoms with Crippen LogP contribution in [0.15, 0.2) is 21.1 Å². The molecule has 0 radical (unpaired) electrons. The fourth-order valence-corrected chi connectivity index (χ4v) is 4.18. The van der Waals surface area contributed by atoms with Gasteiger partial charge in [-0.3, -0.25) is 0 Å². The number of methoxy groups -OCH3 is 1. The highest BCUT2D eigenvalue weighted by molar-refractivity contribution is 9.11. The summed E-state index contributed by atoms with van der Waals surface area (Å²) < 4.78 is 13.6. The quantitative estimate of drug-likeness (QED) is 0.561. The van der Waals surface area contributed by atoms with Crippen molar-refractivity contribution in [3.63, 3.8) is 0 Å². The first kappa shape index (κ1) is 15.8. The topological polar surface area (TPSA) is 18.5 Å². The summed E-state index contributed by atoms with van der Waals surface area (Å²) in [5, 5.41) is 0.833. The Morgan fingerprint density at radius 2 is 1.79 bits per heavy atom. The van der Waals surface area contributed by atoms with Crippen LogP contribution in [0.1, 0.15) is 31.2 Å². The van der Waals surface area contributed by atoms with Crippen molar-refractivity contribution < 1.29 is 9.47 Å². The molecule has 2 nitrogen and oxygen atoms in total. The van der Waals surface area contributed by atoms with Crippen LogP contribution in [0.3, 0.4) is 0 Å². The third-order valence-electron chi connectivity index (χ3n) is 3.41. The molecule has 0 saturated heterocycles. The van der Waals surface area contributed by atoms with E-state index in [9.17, 15) is 0 Å². The lowest BCUT2D eigenvalue weighted by molar-refractivity contribution is 0.0205. The number of alkyl halides is 1. The molecule has 1 aliphatic carbocycles. The first-order valence-corrected chi connectivity index (χ1v) is 9.08. The molecule has 1 aromatic carbocycles. The zero-order chi connectivity index (χ0) is 13.8. The molecule has 0 spiro atoms. The summed E-state index contributed by atoms with van der Waals surface area (Å²) in [5.74, 6) is 0.895. The van der Waals surface area contributed by atoms with Crippen LogP contribution in [-0.4, -0.2) is 19.3 Å². The fraction of sp³-hybridized carbons (Fsp3) is 0.571. The van der Waals surface area contributed by atoms with Gasteiger partial charge in [-0.05, 0) is 68.8 Å². The summed E-state index contributed by atoms with van der Waals surface area (Å²) in [4.78, 5) is 0. The summed E-state index contributed by atoms with van der Waals surface area (Å²) in [7, 11) is 1.78. The average molecular weight is 457 g/mol. The van der Waals surface area contributed by atoms with Crippen LogP contribution >= 0.6 is 47.8 Å². The Bertz CT molecular complexity index is 414. The maximum absolute atomic E-state index is 6.16. The number of halogens is 3. The van der Waals surface area contributed by atoms with Gasteiger partial charge in [-0.1, -0.05) is 15.9 Å². The van der Waals surface area contributed by atoms with Gasteiger partial charge in [0.25, 0.3) is 0 Å². The number of rotatable bonds is 4. The minimum Gasteiger partial charge on any atom is -0.488 e.